The van der Waals surface area contributed by atoms with E-state index in [1.165, 1.54) is 7.11 Å². The lowest BCUT2D eigenvalue weighted by molar-refractivity contribution is -0.386. The summed E-state index contributed by atoms with van der Waals surface area (Å²) in [7, 11) is 2.40. The van der Waals surface area contributed by atoms with E-state index in [9.17, 15) is 34.1 Å². The van der Waals surface area contributed by atoms with Gasteiger partial charge in [0.05, 0.1) is 24.2 Å². The lowest BCUT2D eigenvalue weighted by Gasteiger charge is -2.24. The molecule has 15 heteroatoms. The van der Waals surface area contributed by atoms with Crippen molar-refractivity contribution >= 4 is 29.1 Å². The molecule has 1 amide bonds. The maximum atomic E-state index is 13.2. The van der Waals surface area contributed by atoms with Gasteiger partial charge in [-0.1, -0.05) is 13.3 Å². The fraction of sp³-hybridized carbons (Fsp3) is 0.450. The smallest absolute Gasteiger partial charge is 0.339 e. The fourth-order valence-electron chi connectivity index (χ4n) is 3.25. The van der Waals surface area contributed by atoms with Crippen molar-refractivity contribution in [3.8, 4) is 0 Å². The molecule has 0 saturated heterocycles. The largest absolute Gasteiger partial charge is 0.465 e. The summed E-state index contributed by atoms with van der Waals surface area (Å²) in [6, 6.07) is 0.740. The second kappa shape index (κ2) is 11.7. The molecular weight excluding hydrogens is 468 g/mol. The Morgan fingerprint density at radius 2 is 1.94 bits per heavy atom. The predicted molar refractivity (Wildman–Crippen MR) is 124 cm³/mol. The maximum absolute atomic E-state index is 13.2. The van der Waals surface area contributed by atoms with Crippen LogP contribution in [0, 0.1) is 10.1 Å². The van der Waals surface area contributed by atoms with Crippen LogP contribution in [0.25, 0.3) is 0 Å². The van der Waals surface area contributed by atoms with E-state index in [1.807, 2.05) is 6.92 Å². The number of methoxy groups -OCH3 is 2. The third kappa shape index (κ3) is 6.00. The molecule has 0 aromatic carbocycles. The Bertz CT molecular complexity index is 1290. The quantitative estimate of drug-likeness (QED) is 0.232. The summed E-state index contributed by atoms with van der Waals surface area (Å²) in [6.45, 7) is 1.05. The minimum absolute atomic E-state index is 0.0457. The molecule has 0 spiro atoms. The van der Waals surface area contributed by atoms with Crippen molar-refractivity contribution < 1.29 is 24.0 Å². The van der Waals surface area contributed by atoms with E-state index in [4.69, 9.17) is 10.5 Å². The third-order valence-electron chi connectivity index (χ3n) is 5.03. The first-order valence-corrected chi connectivity index (χ1v) is 10.5. The highest BCUT2D eigenvalue weighted by Gasteiger charge is 2.27. The molecule has 0 aliphatic rings. The number of nitrogens with two attached hydrogens (primary N) is 1. The van der Waals surface area contributed by atoms with Crippen LogP contribution < -0.4 is 27.4 Å². The molecular formula is C20H26N6O9. The predicted octanol–water partition coefficient (Wildman–Crippen LogP) is -0.545. The van der Waals surface area contributed by atoms with Crippen LogP contribution in [0.1, 0.15) is 30.1 Å². The van der Waals surface area contributed by atoms with Crippen molar-refractivity contribution in [1.29, 1.82) is 0 Å². The topological polar surface area (TPSA) is 202 Å². The highest BCUT2D eigenvalue weighted by Crippen LogP contribution is 2.18. The number of aromatic nitrogens is 3. The maximum Gasteiger partial charge on any atom is 0.339 e. The summed E-state index contributed by atoms with van der Waals surface area (Å²) in [5, 5.41) is 11.3. The third-order valence-corrected chi connectivity index (χ3v) is 5.03. The van der Waals surface area contributed by atoms with Crippen molar-refractivity contribution in [2.75, 3.05) is 38.0 Å². The monoisotopic (exact) mass is 494 g/mol. The molecule has 0 aliphatic heterocycles. The number of esters is 1. The molecule has 3 N–H and O–H groups in total. The van der Waals surface area contributed by atoms with E-state index in [2.05, 4.69) is 9.72 Å². The molecule has 0 saturated carbocycles. The molecule has 35 heavy (non-hydrogen) atoms. The van der Waals surface area contributed by atoms with Crippen molar-refractivity contribution in [2.45, 2.75) is 32.9 Å². The number of anilines is 2. The van der Waals surface area contributed by atoms with Gasteiger partial charge < -0.3 is 20.1 Å². The molecule has 0 radical (unpaired) electrons. The van der Waals surface area contributed by atoms with E-state index in [1.54, 1.807) is 0 Å². The van der Waals surface area contributed by atoms with Crippen molar-refractivity contribution in [1.82, 2.24) is 14.1 Å². The second-order valence-electron chi connectivity index (χ2n) is 7.33. The number of nitro groups is 1. The van der Waals surface area contributed by atoms with Gasteiger partial charge >= 0.3 is 22.9 Å². The zero-order valence-electron chi connectivity index (χ0n) is 19.4. The van der Waals surface area contributed by atoms with Crippen LogP contribution in [-0.4, -0.2) is 58.3 Å². The number of ether oxygens (including phenoxy) is 2. The first-order valence-electron chi connectivity index (χ1n) is 10.5. The highest BCUT2D eigenvalue weighted by atomic mass is 16.6. The van der Waals surface area contributed by atoms with Gasteiger partial charge in [-0.05, 0) is 6.42 Å². The first-order chi connectivity index (χ1) is 16.6. The lowest BCUT2D eigenvalue weighted by Crippen LogP contribution is -2.44. The Morgan fingerprint density at radius 3 is 2.51 bits per heavy atom. The average molecular weight is 494 g/mol. The fourth-order valence-corrected chi connectivity index (χ4v) is 3.25. The summed E-state index contributed by atoms with van der Waals surface area (Å²) < 4.78 is 11.3. The number of pyridine rings is 1. The van der Waals surface area contributed by atoms with Crippen molar-refractivity contribution in [2.24, 2.45) is 0 Å². The van der Waals surface area contributed by atoms with Gasteiger partial charge in [-0.25, -0.2) is 9.59 Å². The second-order valence-corrected chi connectivity index (χ2v) is 7.33. The van der Waals surface area contributed by atoms with E-state index < -0.39 is 45.8 Å². The summed E-state index contributed by atoms with van der Waals surface area (Å²) in [5.41, 5.74) is 1.63. The van der Waals surface area contributed by atoms with Crippen LogP contribution in [0.5, 0.6) is 0 Å². The van der Waals surface area contributed by atoms with Crippen molar-refractivity contribution in [3.63, 3.8) is 0 Å². The van der Waals surface area contributed by atoms with Crippen LogP contribution in [0.3, 0.4) is 0 Å². The number of H-pyrrole nitrogens is 1. The van der Waals surface area contributed by atoms with Gasteiger partial charge in [-0.2, -0.15) is 0 Å². The molecule has 0 bridgehead atoms. The molecule has 0 fully saturated rings. The molecule has 190 valence electrons. The van der Waals surface area contributed by atoms with Gasteiger partial charge in [-0.15, -0.1) is 0 Å². The van der Waals surface area contributed by atoms with Gasteiger partial charge in [0.1, 0.15) is 12.4 Å². The van der Waals surface area contributed by atoms with E-state index in [0.29, 0.717) is 11.0 Å². The zero-order valence-corrected chi connectivity index (χ0v) is 19.4. The van der Waals surface area contributed by atoms with E-state index >= 15 is 0 Å². The van der Waals surface area contributed by atoms with Crippen LogP contribution in [0.2, 0.25) is 0 Å². The van der Waals surface area contributed by atoms with Crippen LogP contribution in [-0.2, 0) is 27.4 Å². The molecule has 15 nitrogen and oxygen atoms in total. The number of hydrogen-bond donors (Lipinski definition) is 2. The number of nitrogens with zero attached hydrogens (tertiary/aromatic N) is 4. The highest BCUT2D eigenvalue weighted by molar-refractivity contribution is 5.95. The number of nitrogen functional groups attached to an aromatic ring is 1. The number of unbranched alkanes of at least 4 members (excludes halogenated alkanes) is 1. The van der Waals surface area contributed by atoms with Crippen LogP contribution in [0.15, 0.2) is 26.6 Å². The minimum atomic E-state index is -1.16. The van der Waals surface area contributed by atoms with Gasteiger partial charge in [-0.3, -0.25) is 38.6 Å². The van der Waals surface area contributed by atoms with Gasteiger partial charge in [0.2, 0.25) is 5.91 Å². The van der Waals surface area contributed by atoms with E-state index in [0.717, 1.165) is 35.3 Å². The Hall–Kier alpha value is -4.27. The van der Waals surface area contributed by atoms with E-state index in [-0.39, 0.29) is 36.8 Å². The Kier molecular flexibility index (Phi) is 9.04. The summed E-state index contributed by atoms with van der Waals surface area (Å²) in [5.74, 6) is -2.11. The summed E-state index contributed by atoms with van der Waals surface area (Å²) in [4.78, 5) is 75.9. The van der Waals surface area contributed by atoms with Gasteiger partial charge in [0.25, 0.3) is 5.56 Å². The molecule has 0 unspecified atom stereocenters. The minimum Gasteiger partial charge on any atom is -0.465 e. The number of aromatic amines is 1. The van der Waals surface area contributed by atoms with Crippen molar-refractivity contribution in [3.05, 3.63) is 59.1 Å². The Morgan fingerprint density at radius 1 is 1.26 bits per heavy atom. The van der Waals surface area contributed by atoms with Crippen LogP contribution >= 0.6 is 0 Å². The number of amides is 1. The first kappa shape index (κ1) is 27.0. The van der Waals surface area contributed by atoms with Crippen LogP contribution in [0.4, 0.5) is 17.2 Å². The molecule has 2 aromatic rings. The molecule has 0 atom stereocenters. The Labute approximate surface area is 197 Å². The summed E-state index contributed by atoms with van der Waals surface area (Å²) >= 11 is 0. The Balaban J connectivity index is 2.61. The lowest BCUT2D eigenvalue weighted by atomic mass is 10.2. The molecule has 2 heterocycles. The standard InChI is InChI=1S/C20H26N6O9/c1-4-5-6-25-16(21)15(17(28)22-20(25)31)24(7-8-34-2)14(27)11-23-10-12(19(30)35-3)9-13(18(23)29)26(32)33/h9-10H,4-8,11,21H2,1-3H3,(H,22,28,31). The molecule has 2 aromatic heterocycles. The average Bonchev–Trinajstić information content (AvgIpc) is 2.81. The zero-order chi connectivity index (χ0) is 26.3. The number of carbonyl (C=O) groups is 2. The number of carbonyl (C=O) groups excluding carboxylic acids is 2. The number of rotatable bonds is 11. The summed E-state index contributed by atoms with van der Waals surface area (Å²) in [6.07, 6.45) is 2.23. The normalized spacial score (nSPS) is 10.7. The van der Waals surface area contributed by atoms with Gasteiger partial charge in [0.15, 0.2) is 5.69 Å². The SMILES string of the molecule is CCCCn1c(N)c(N(CCOC)C(=O)Cn2cc(C(=O)OC)cc([N+](=O)[O-])c2=O)c(=O)[nH]c1=O. The molecule has 0 aliphatic carbocycles. The van der Waals surface area contributed by atoms with Gasteiger partial charge in [0, 0.05) is 32.5 Å². The number of nitrogens with one attached hydrogen (secondary N) is 1. The molecule has 2 rings (SSSR count). The number of hydrogen-bond acceptors (Lipinski definition) is 10.